The van der Waals surface area contributed by atoms with Crippen LogP contribution in [0.2, 0.25) is 0 Å². The summed E-state index contributed by atoms with van der Waals surface area (Å²) in [6, 6.07) is 0.741. The topological polar surface area (TPSA) is 69.7 Å². The molecule has 0 aromatic carbocycles. The smallest absolute Gasteiger partial charge is 0.245 e. The second kappa shape index (κ2) is 5.73. The first-order chi connectivity index (χ1) is 10.4. The van der Waals surface area contributed by atoms with Crippen molar-refractivity contribution in [1.82, 2.24) is 25.5 Å². The molecule has 0 bridgehead atoms. The number of rotatable bonds is 3. The lowest BCUT2D eigenvalue weighted by Crippen LogP contribution is -2.41. The third-order valence-corrected chi connectivity index (χ3v) is 5.22. The number of thiazole rings is 1. The van der Waals surface area contributed by atoms with Crippen molar-refractivity contribution in [2.75, 3.05) is 24.5 Å². The highest BCUT2D eigenvalue weighted by Gasteiger charge is 2.29. The van der Waals surface area contributed by atoms with Crippen LogP contribution in [-0.4, -0.2) is 45.8 Å². The van der Waals surface area contributed by atoms with E-state index < -0.39 is 0 Å². The van der Waals surface area contributed by atoms with Crippen LogP contribution in [0.15, 0.2) is 10.9 Å². The van der Waals surface area contributed by atoms with Gasteiger partial charge in [-0.3, -0.25) is 5.10 Å². The number of hydrogen-bond donors (Lipinski definition) is 2. The Bertz CT molecular complexity index is 566. The van der Waals surface area contributed by atoms with Crippen LogP contribution in [0, 0.1) is 5.92 Å². The third-order valence-electron chi connectivity index (χ3n) is 4.64. The van der Waals surface area contributed by atoms with Crippen LogP contribution in [0.5, 0.6) is 0 Å². The van der Waals surface area contributed by atoms with Gasteiger partial charge in [0.1, 0.15) is 5.69 Å². The van der Waals surface area contributed by atoms with Crippen molar-refractivity contribution in [2.24, 2.45) is 5.92 Å². The van der Waals surface area contributed by atoms with Gasteiger partial charge in [0.25, 0.3) is 0 Å². The highest BCUT2D eigenvalue weighted by molar-refractivity contribution is 7.07. The first-order valence-corrected chi connectivity index (χ1v) is 8.64. The van der Waals surface area contributed by atoms with Crippen molar-refractivity contribution in [3.8, 4) is 11.5 Å². The van der Waals surface area contributed by atoms with Crippen molar-refractivity contribution in [3.63, 3.8) is 0 Å². The number of nitrogens with one attached hydrogen (secondary N) is 2. The van der Waals surface area contributed by atoms with Crippen LogP contribution >= 0.6 is 11.3 Å². The Kier molecular flexibility index (Phi) is 3.60. The van der Waals surface area contributed by atoms with Gasteiger partial charge in [-0.15, -0.1) is 16.4 Å². The Labute approximate surface area is 128 Å². The molecule has 1 atom stereocenters. The fourth-order valence-corrected chi connectivity index (χ4v) is 3.99. The fourth-order valence-electron chi connectivity index (χ4n) is 3.45. The van der Waals surface area contributed by atoms with Gasteiger partial charge in [-0.2, -0.15) is 4.98 Å². The molecule has 0 saturated carbocycles. The predicted molar refractivity (Wildman–Crippen MR) is 83.5 cm³/mol. The van der Waals surface area contributed by atoms with Gasteiger partial charge in [-0.25, -0.2) is 4.98 Å². The van der Waals surface area contributed by atoms with E-state index in [0.29, 0.717) is 0 Å². The Hall–Kier alpha value is -1.47. The zero-order chi connectivity index (χ0) is 14.1. The average Bonchev–Trinajstić information content (AvgIpc) is 3.27. The van der Waals surface area contributed by atoms with Gasteiger partial charge in [-0.05, 0) is 38.1 Å². The minimum atomic E-state index is 0.741. The highest BCUT2D eigenvalue weighted by Crippen LogP contribution is 2.27. The van der Waals surface area contributed by atoms with Crippen LogP contribution in [0.1, 0.15) is 25.7 Å². The molecule has 2 aliphatic heterocycles. The minimum Gasteiger partial charge on any atom is -0.340 e. The number of aromatic nitrogens is 4. The largest absolute Gasteiger partial charge is 0.340 e. The summed E-state index contributed by atoms with van der Waals surface area (Å²) in [7, 11) is 0. The summed E-state index contributed by atoms with van der Waals surface area (Å²) in [5.74, 6) is 2.40. The molecule has 0 aliphatic carbocycles. The van der Waals surface area contributed by atoms with Gasteiger partial charge in [0.05, 0.1) is 5.51 Å². The number of nitrogens with zero attached hydrogens (tertiary/aromatic N) is 4. The van der Waals surface area contributed by atoms with E-state index in [9.17, 15) is 0 Å². The molecule has 2 aromatic rings. The second-order valence-electron chi connectivity index (χ2n) is 5.89. The molecule has 2 aliphatic rings. The number of hydrogen-bond acceptors (Lipinski definition) is 6. The molecule has 4 heterocycles. The lowest BCUT2D eigenvalue weighted by atomic mass is 9.89. The summed E-state index contributed by atoms with van der Waals surface area (Å²) in [5, 5.41) is 13.0. The van der Waals surface area contributed by atoms with E-state index in [0.717, 1.165) is 42.5 Å². The van der Waals surface area contributed by atoms with E-state index in [1.807, 2.05) is 10.9 Å². The molecule has 2 aromatic heterocycles. The number of H-pyrrole nitrogens is 1. The molecule has 7 heteroatoms. The monoisotopic (exact) mass is 304 g/mol. The van der Waals surface area contributed by atoms with Gasteiger partial charge < -0.3 is 10.2 Å². The normalized spacial score (nSPS) is 23.8. The van der Waals surface area contributed by atoms with E-state index in [-0.39, 0.29) is 0 Å². The summed E-state index contributed by atoms with van der Waals surface area (Å²) >= 11 is 1.57. The van der Waals surface area contributed by atoms with Gasteiger partial charge in [0, 0.05) is 24.5 Å². The highest BCUT2D eigenvalue weighted by atomic mass is 32.1. The van der Waals surface area contributed by atoms with Crippen molar-refractivity contribution < 1.29 is 0 Å². The summed E-state index contributed by atoms with van der Waals surface area (Å²) in [6.07, 6.45) is 5.15. The van der Waals surface area contributed by atoms with Crippen LogP contribution in [0.3, 0.4) is 0 Å². The molecule has 21 heavy (non-hydrogen) atoms. The number of aromatic amines is 1. The SMILES string of the molecule is c1nc(-c2nc(N3CCC(C4CCCN4)CC3)n[nH]2)cs1. The summed E-state index contributed by atoms with van der Waals surface area (Å²) in [5.41, 5.74) is 2.70. The molecule has 4 rings (SSSR count). The third kappa shape index (κ3) is 2.67. The molecule has 2 saturated heterocycles. The zero-order valence-corrected chi connectivity index (χ0v) is 12.8. The van der Waals surface area contributed by atoms with Gasteiger partial charge in [0.2, 0.25) is 5.95 Å². The van der Waals surface area contributed by atoms with E-state index in [4.69, 9.17) is 0 Å². The molecule has 0 radical (unpaired) electrons. The number of piperidine rings is 1. The lowest BCUT2D eigenvalue weighted by molar-refractivity contribution is 0.317. The first kappa shape index (κ1) is 13.2. The maximum atomic E-state index is 4.59. The Morgan fingerprint density at radius 2 is 2.14 bits per heavy atom. The molecular weight excluding hydrogens is 284 g/mol. The van der Waals surface area contributed by atoms with Gasteiger partial charge >= 0.3 is 0 Å². The van der Waals surface area contributed by atoms with Crippen molar-refractivity contribution in [3.05, 3.63) is 10.9 Å². The lowest BCUT2D eigenvalue weighted by Gasteiger charge is -2.34. The van der Waals surface area contributed by atoms with Crippen molar-refractivity contribution in [2.45, 2.75) is 31.7 Å². The summed E-state index contributed by atoms with van der Waals surface area (Å²) in [4.78, 5) is 11.1. The maximum absolute atomic E-state index is 4.59. The van der Waals surface area contributed by atoms with Crippen LogP contribution < -0.4 is 10.2 Å². The van der Waals surface area contributed by atoms with E-state index in [1.54, 1.807) is 11.3 Å². The van der Waals surface area contributed by atoms with Gasteiger partial charge in [0.15, 0.2) is 5.82 Å². The molecule has 6 nitrogen and oxygen atoms in total. The Morgan fingerprint density at radius 1 is 1.24 bits per heavy atom. The minimum absolute atomic E-state index is 0.741. The quantitative estimate of drug-likeness (QED) is 0.906. The predicted octanol–water partition coefficient (Wildman–Crippen LogP) is 1.90. The zero-order valence-electron chi connectivity index (χ0n) is 12.0. The summed E-state index contributed by atoms with van der Waals surface area (Å²) < 4.78 is 0. The van der Waals surface area contributed by atoms with E-state index in [2.05, 4.69) is 30.4 Å². The molecule has 0 spiro atoms. The van der Waals surface area contributed by atoms with Crippen molar-refractivity contribution >= 4 is 17.3 Å². The van der Waals surface area contributed by atoms with E-state index in [1.165, 1.54) is 32.2 Å². The molecule has 1 unspecified atom stereocenters. The Morgan fingerprint density at radius 3 is 2.86 bits per heavy atom. The average molecular weight is 304 g/mol. The van der Waals surface area contributed by atoms with Crippen LogP contribution in [0.25, 0.3) is 11.5 Å². The van der Waals surface area contributed by atoms with Crippen LogP contribution in [0.4, 0.5) is 5.95 Å². The van der Waals surface area contributed by atoms with Crippen LogP contribution in [-0.2, 0) is 0 Å². The van der Waals surface area contributed by atoms with Crippen molar-refractivity contribution in [1.29, 1.82) is 0 Å². The molecule has 0 amide bonds. The molecule has 2 fully saturated rings. The molecule has 112 valence electrons. The summed E-state index contributed by atoms with van der Waals surface area (Å²) in [6.45, 7) is 3.30. The number of anilines is 1. The fraction of sp³-hybridized carbons (Fsp3) is 0.643. The Balaban J connectivity index is 1.39. The standard InChI is InChI=1S/C14H20N6S/c1-2-11(15-5-1)10-3-6-20(7-4-10)14-17-13(18-19-14)12-8-21-9-16-12/h8-11,15H,1-7H2,(H,17,18,19). The van der Waals surface area contributed by atoms with E-state index >= 15 is 0 Å². The van der Waals surface area contributed by atoms with Gasteiger partial charge in [-0.1, -0.05) is 0 Å². The second-order valence-corrected chi connectivity index (χ2v) is 6.60. The molecule has 2 N–H and O–H groups in total. The maximum Gasteiger partial charge on any atom is 0.245 e. The first-order valence-electron chi connectivity index (χ1n) is 7.69. The molecular formula is C14H20N6S.